The van der Waals surface area contributed by atoms with Crippen LogP contribution < -0.4 is 0 Å². The Morgan fingerprint density at radius 3 is 1.62 bits per heavy atom. The SMILES string of the molecule is Cc1ccc(C)c(-c2cccc(-c3cc(-c4ccccc4)nc(-c4ccccc4)c3)c2)c1. The zero-order chi connectivity index (χ0) is 21.9. The minimum absolute atomic E-state index is 0.985. The number of pyridine rings is 1. The molecule has 0 atom stereocenters. The number of rotatable bonds is 4. The lowest BCUT2D eigenvalue weighted by Gasteiger charge is -2.12. The minimum Gasteiger partial charge on any atom is -0.248 e. The third-order valence-electron chi connectivity index (χ3n) is 5.86. The molecule has 0 spiro atoms. The average molecular weight is 412 g/mol. The lowest BCUT2D eigenvalue weighted by Crippen LogP contribution is -1.91. The highest BCUT2D eigenvalue weighted by Gasteiger charge is 2.10. The van der Waals surface area contributed by atoms with Crippen LogP contribution in [0.2, 0.25) is 0 Å². The first kappa shape index (κ1) is 20.0. The van der Waals surface area contributed by atoms with Gasteiger partial charge in [0.15, 0.2) is 0 Å². The topological polar surface area (TPSA) is 12.9 Å². The Labute approximate surface area is 190 Å². The van der Waals surface area contributed by atoms with Gasteiger partial charge in [-0.1, -0.05) is 103 Å². The summed E-state index contributed by atoms with van der Waals surface area (Å²) in [5, 5.41) is 0. The smallest absolute Gasteiger partial charge is 0.0715 e. The lowest BCUT2D eigenvalue weighted by atomic mass is 9.94. The molecule has 0 saturated carbocycles. The maximum atomic E-state index is 5.01. The maximum absolute atomic E-state index is 5.01. The number of benzene rings is 4. The van der Waals surface area contributed by atoms with Crippen molar-refractivity contribution in [3.8, 4) is 44.8 Å². The fourth-order valence-corrected chi connectivity index (χ4v) is 4.12. The number of hydrogen-bond acceptors (Lipinski definition) is 1. The van der Waals surface area contributed by atoms with Crippen molar-refractivity contribution in [1.29, 1.82) is 0 Å². The molecule has 0 bridgehead atoms. The van der Waals surface area contributed by atoms with Crippen LogP contribution in [0.25, 0.3) is 44.8 Å². The second-order valence-electron chi connectivity index (χ2n) is 8.26. The predicted molar refractivity (Wildman–Crippen MR) is 135 cm³/mol. The van der Waals surface area contributed by atoms with E-state index in [1.807, 2.05) is 12.1 Å². The molecule has 1 nitrogen and oxygen atoms in total. The molecule has 32 heavy (non-hydrogen) atoms. The van der Waals surface area contributed by atoms with Crippen LogP contribution in [0, 0.1) is 13.8 Å². The van der Waals surface area contributed by atoms with Crippen molar-refractivity contribution in [1.82, 2.24) is 4.98 Å². The molecule has 0 saturated heterocycles. The van der Waals surface area contributed by atoms with Gasteiger partial charge in [-0.15, -0.1) is 0 Å². The predicted octanol–water partition coefficient (Wildman–Crippen LogP) is 8.37. The molecule has 1 heterocycles. The van der Waals surface area contributed by atoms with Gasteiger partial charge >= 0.3 is 0 Å². The molecule has 0 radical (unpaired) electrons. The van der Waals surface area contributed by atoms with Crippen LogP contribution in [0.3, 0.4) is 0 Å². The van der Waals surface area contributed by atoms with Crippen molar-refractivity contribution in [2.75, 3.05) is 0 Å². The number of aryl methyl sites for hydroxylation is 2. The highest BCUT2D eigenvalue weighted by Crippen LogP contribution is 2.33. The van der Waals surface area contributed by atoms with Crippen LogP contribution in [-0.2, 0) is 0 Å². The van der Waals surface area contributed by atoms with E-state index in [1.54, 1.807) is 0 Å². The van der Waals surface area contributed by atoms with Crippen LogP contribution >= 0.6 is 0 Å². The molecule has 5 rings (SSSR count). The average Bonchev–Trinajstić information content (AvgIpc) is 2.86. The molecule has 0 N–H and O–H groups in total. The Kier molecular flexibility index (Phi) is 5.39. The summed E-state index contributed by atoms with van der Waals surface area (Å²) < 4.78 is 0. The Morgan fingerprint density at radius 2 is 1.00 bits per heavy atom. The summed E-state index contributed by atoms with van der Waals surface area (Å²) in [6.45, 7) is 4.32. The molecule has 0 fully saturated rings. The molecular formula is C31H25N. The molecule has 154 valence electrons. The van der Waals surface area contributed by atoms with Gasteiger partial charge in [-0.25, -0.2) is 4.98 Å². The molecular weight excluding hydrogens is 386 g/mol. The van der Waals surface area contributed by atoms with Crippen molar-refractivity contribution < 1.29 is 0 Å². The summed E-state index contributed by atoms with van der Waals surface area (Å²) in [6, 6.07) is 40.7. The zero-order valence-corrected chi connectivity index (χ0v) is 18.4. The quantitative estimate of drug-likeness (QED) is 0.289. The van der Waals surface area contributed by atoms with E-state index in [0.29, 0.717) is 0 Å². The fraction of sp³-hybridized carbons (Fsp3) is 0.0645. The molecule has 0 aliphatic rings. The second-order valence-corrected chi connectivity index (χ2v) is 8.26. The van der Waals surface area contributed by atoms with Crippen LogP contribution in [0.1, 0.15) is 11.1 Å². The van der Waals surface area contributed by atoms with Gasteiger partial charge < -0.3 is 0 Å². The van der Waals surface area contributed by atoms with E-state index in [-0.39, 0.29) is 0 Å². The summed E-state index contributed by atoms with van der Waals surface area (Å²) in [7, 11) is 0. The maximum Gasteiger partial charge on any atom is 0.0715 e. The van der Waals surface area contributed by atoms with Crippen LogP contribution in [-0.4, -0.2) is 4.98 Å². The molecule has 5 aromatic rings. The summed E-state index contributed by atoms with van der Waals surface area (Å²) in [5.74, 6) is 0. The molecule has 0 amide bonds. The number of nitrogens with zero attached hydrogens (tertiary/aromatic N) is 1. The number of aromatic nitrogens is 1. The Bertz CT molecular complexity index is 1310. The third kappa shape index (κ3) is 4.10. The van der Waals surface area contributed by atoms with Crippen LogP contribution in [0.5, 0.6) is 0 Å². The largest absolute Gasteiger partial charge is 0.248 e. The molecule has 0 aliphatic heterocycles. The normalized spacial score (nSPS) is 10.8. The molecule has 0 aliphatic carbocycles. The van der Waals surface area contributed by atoms with Gasteiger partial charge in [0.1, 0.15) is 0 Å². The van der Waals surface area contributed by atoms with Crippen molar-refractivity contribution >= 4 is 0 Å². The lowest BCUT2D eigenvalue weighted by molar-refractivity contribution is 1.32. The van der Waals surface area contributed by atoms with Gasteiger partial charge in [0.25, 0.3) is 0 Å². The van der Waals surface area contributed by atoms with Gasteiger partial charge in [0.05, 0.1) is 11.4 Å². The first-order chi connectivity index (χ1) is 15.7. The molecule has 1 aromatic heterocycles. The second kappa shape index (κ2) is 8.64. The van der Waals surface area contributed by atoms with Crippen molar-refractivity contribution in [3.63, 3.8) is 0 Å². The van der Waals surface area contributed by atoms with Gasteiger partial charge in [-0.3, -0.25) is 0 Å². The van der Waals surface area contributed by atoms with E-state index in [0.717, 1.165) is 22.5 Å². The summed E-state index contributed by atoms with van der Waals surface area (Å²) >= 11 is 0. The van der Waals surface area contributed by atoms with Gasteiger partial charge in [0, 0.05) is 11.1 Å². The van der Waals surface area contributed by atoms with E-state index in [9.17, 15) is 0 Å². The van der Waals surface area contributed by atoms with E-state index >= 15 is 0 Å². The monoisotopic (exact) mass is 411 g/mol. The van der Waals surface area contributed by atoms with Crippen molar-refractivity contribution in [2.24, 2.45) is 0 Å². The molecule has 4 aromatic carbocycles. The molecule has 1 heteroatoms. The van der Waals surface area contributed by atoms with E-state index < -0.39 is 0 Å². The van der Waals surface area contributed by atoms with Crippen molar-refractivity contribution in [3.05, 3.63) is 126 Å². The Balaban J connectivity index is 1.67. The Morgan fingerprint density at radius 1 is 0.438 bits per heavy atom. The first-order valence-corrected chi connectivity index (χ1v) is 11.0. The first-order valence-electron chi connectivity index (χ1n) is 11.0. The zero-order valence-electron chi connectivity index (χ0n) is 18.4. The standard InChI is InChI=1S/C31H25N/c1-22-16-17-23(2)29(18-22)27-15-9-14-26(19-27)28-20-30(24-10-5-3-6-11-24)32-31(21-28)25-12-7-4-8-13-25/h3-21H,1-2H3. The van der Waals surface area contributed by atoms with Gasteiger partial charge in [-0.05, 0) is 59.9 Å². The highest BCUT2D eigenvalue weighted by atomic mass is 14.7. The fourth-order valence-electron chi connectivity index (χ4n) is 4.12. The van der Waals surface area contributed by atoms with Crippen LogP contribution in [0.15, 0.2) is 115 Å². The summed E-state index contributed by atoms with van der Waals surface area (Å²) in [4.78, 5) is 5.01. The van der Waals surface area contributed by atoms with Gasteiger partial charge in [-0.2, -0.15) is 0 Å². The molecule has 0 unspecified atom stereocenters. The van der Waals surface area contributed by atoms with Gasteiger partial charge in [0.2, 0.25) is 0 Å². The minimum atomic E-state index is 0.985. The van der Waals surface area contributed by atoms with E-state index in [4.69, 9.17) is 4.98 Å². The van der Waals surface area contributed by atoms with Crippen LogP contribution in [0.4, 0.5) is 0 Å². The summed E-state index contributed by atoms with van der Waals surface area (Å²) in [6.07, 6.45) is 0. The number of hydrogen-bond donors (Lipinski definition) is 0. The Hall–Kier alpha value is -3.97. The van der Waals surface area contributed by atoms with E-state index in [2.05, 4.69) is 117 Å². The van der Waals surface area contributed by atoms with E-state index in [1.165, 1.54) is 33.4 Å². The summed E-state index contributed by atoms with van der Waals surface area (Å²) in [5.41, 5.74) is 11.7. The third-order valence-corrected chi connectivity index (χ3v) is 5.86. The highest BCUT2D eigenvalue weighted by molar-refractivity contribution is 5.80. The van der Waals surface area contributed by atoms with Crippen molar-refractivity contribution in [2.45, 2.75) is 13.8 Å².